The minimum absolute atomic E-state index is 0.192. The molecule has 1 unspecified atom stereocenters. The molecule has 3 rings (SSSR count). The van der Waals surface area contributed by atoms with Crippen LogP contribution in [0.15, 0.2) is 60.7 Å². The fourth-order valence-electron chi connectivity index (χ4n) is 3.46. The van der Waals surface area contributed by atoms with Crippen LogP contribution in [0.1, 0.15) is 18.9 Å². The largest absolute Gasteiger partial charge is 0.483 e. The van der Waals surface area contributed by atoms with E-state index in [-0.39, 0.29) is 25.0 Å². The smallest absolute Gasteiger partial charge is 0.261 e. The first-order valence-electron chi connectivity index (χ1n) is 10.00. The van der Waals surface area contributed by atoms with Crippen molar-refractivity contribution in [3.8, 4) is 5.75 Å². The number of carbonyl (C=O) groups is 2. The highest BCUT2D eigenvalue weighted by molar-refractivity contribution is 6.42. The molecule has 0 heterocycles. The first-order valence-corrected chi connectivity index (χ1v) is 10.8. The number of hydrogen-bond donors (Lipinski definition) is 1. The maximum Gasteiger partial charge on any atom is 0.261 e. The number of fused-ring (bicyclic) bond motifs is 1. The number of benzene rings is 3. The topological polar surface area (TPSA) is 58.6 Å². The molecule has 0 aliphatic rings. The van der Waals surface area contributed by atoms with Crippen molar-refractivity contribution in [3.63, 3.8) is 0 Å². The Labute approximate surface area is 191 Å². The summed E-state index contributed by atoms with van der Waals surface area (Å²) in [6.45, 7) is 1.88. The highest BCUT2D eigenvalue weighted by Crippen LogP contribution is 2.26. The average Bonchev–Trinajstić information content (AvgIpc) is 2.79. The molecule has 1 atom stereocenters. The van der Waals surface area contributed by atoms with Gasteiger partial charge in [-0.1, -0.05) is 72.6 Å². The normalized spacial score (nSPS) is 11.7. The highest BCUT2D eigenvalue weighted by Gasteiger charge is 2.28. The van der Waals surface area contributed by atoms with Crippen molar-refractivity contribution in [1.82, 2.24) is 10.2 Å². The molecule has 3 aromatic carbocycles. The van der Waals surface area contributed by atoms with E-state index in [1.807, 2.05) is 49.4 Å². The van der Waals surface area contributed by atoms with Crippen LogP contribution in [-0.4, -0.2) is 36.4 Å². The zero-order chi connectivity index (χ0) is 22.4. The molecule has 2 amide bonds. The van der Waals surface area contributed by atoms with Gasteiger partial charge in [-0.25, -0.2) is 0 Å². The molecular weight excluding hydrogens is 435 g/mol. The molecular formula is C24H24Cl2N2O3. The summed E-state index contributed by atoms with van der Waals surface area (Å²) in [5.41, 5.74) is 0.773. The number of rotatable bonds is 8. The van der Waals surface area contributed by atoms with E-state index in [9.17, 15) is 9.59 Å². The fraction of sp³-hybridized carbons (Fsp3) is 0.250. The van der Waals surface area contributed by atoms with Crippen LogP contribution >= 0.6 is 23.2 Å². The van der Waals surface area contributed by atoms with Gasteiger partial charge in [-0.2, -0.15) is 0 Å². The lowest BCUT2D eigenvalue weighted by atomic mass is 10.1. The summed E-state index contributed by atoms with van der Waals surface area (Å²) >= 11 is 12.1. The van der Waals surface area contributed by atoms with Crippen LogP contribution in [0.4, 0.5) is 0 Å². The lowest BCUT2D eigenvalue weighted by Crippen LogP contribution is -2.49. The Kier molecular flexibility index (Phi) is 7.77. The zero-order valence-corrected chi connectivity index (χ0v) is 18.9. The zero-order valence-electron chi connectivity index (χ0n) is 17.4. The van der Waals surface area contributed by atoms with E-state index in [0.717, 1.165) is 16.3 Å². The van der Waals surface area contributed by atoms with Crippen molar-refractivity contribution in [1.29, 1.82) is 0 Å². The van der Waals surface area contributed by atoms with Crippen LogP contribution in [0.5, 0.6) is 5.75 Å². The molecule has 0 aromatic heterocycles. The van der Waals surface area contributed by atoms with Gasteiger partial charge in [0.15, 0.2) is 6.61 Å². The minimum atomic E-state index is -0.636. The summed E-state index contributed by atoms with van der Waals surface area (Å²) < 4.78 is 5.88. The van der Waals surface area contributed by atoms with Crippen molar-refractivity contribution in [2.45, 2.75) is 25.9 Å². The van der Waals surface area contributed by atoms with Crippen LogP contribution in [0.2, 0.25) is 10.0 Å². The van der Waals surface area contributed by atoms with Crippen molar-refractivity contribution in [2.75, 3.05) is 13.7 Å². The maximum absolute atomic E-state index is 13.2. The molecule has 0 spiro atoms. The van der Waals surface area contributed by atoms with Gasteiger partial charge in [-0.3, -0.25) is 9.59 Å². The van der Waals surface area contributed by atoms with E-state index in [4.69, 9.17) is 27.9 Å². The number of amides is 2. The summed E-state index contributed by atoms with van der Waals surface area (Å²) in [5.74, 6) is 0.0875. The van der Waals surface area contributed by atoms with Gasteiger partial charge >= 0.3 is 0 Å². The summed E-state index contributed by atoms with van der Waals surface area (Å²) in [6, 6.07) is 18.0. The quantitative estimate of drug-likeness (QED) is 0.511. The third-order valence-corrected chi connectivity index (χ3v) is 5.81. The third kappa shape index (κ3) is 5.49. The van der Waals surface area contributed by atoms with E-state index in [2.05, 4.69) is 5.32 Å². The standard InChI is InChI=1S/C24H24Cl2N2O3/c1-3-21(24(30)27-2)28(14-16-11-12-19(25)20(26)13-16)23(29)15-31-22-10-6-8-17-7-4-5-9-18(17)22/h4-13,21H,3,14-15H2,1-2H3,(H,27,30). The van der Waals surface area contributed by atoms with Gasteiger partial charge in [-0.15, -0.1) is 0 Å². The average molecular weight is 459 g/mol. The molecule has 7 heteroatoms. The second-order valence-electron chi connectivity index (χ2n) is 7.07. The molecule has 3 aromatic rings. The van der Waals surface area contributed by atoms with Gasteiger partial charge < -0.3 is 15.0 Å². The van der Waals surface area contributed by atoms with Crippen molar-refractivity contribution in [3.05, 3.63) is 76.3 Å². The monoisotopic (exact) mass is 458 g/mol. The Balaban J connectivity index is 1.84. The molecule has 0 bridgehead atoms. The predicted octanol–water partition coefficient (Wildman–Crippen LogP) is 5.08. The van der Waals surface area contributed by atoms with Gasteiger partial charge in [0.2, 0.25) is 5.91 Å². The SMILES string of the molecule is CCC(C(=O)NC)N(Cc1ccc(Cl)c(Cl)c1)C(=O)COc1cccc2ccccc12. The molecule has 0 aliphatic carbocycles. The van der Waals surface area contributed by atoms with E-state index < -0.39 is 6.04 Å². The second-order valence-corrected chi connectivity index (χ2v) is 7.89. The lowest BCUT2D eigenvalue weighted by Gasteiger charge is -2.30. The summed E-state index contributed by atoms with van der Waals surface area (Å²) in [5, 5.41) is 5.41. The number of nitrogens with one attached hydrogen (secondary N) is 1. The number of likely N-dealkylation sites (N-methyl/N-ethyl adjacent to an activating group) is 1. The lowest BCUT2D eigenvalue weighted by molar-refractivity contribution is -0.142. The van der Waals surface area contributed by atoms with Gasteiger partial charge in [0.25, 0.3) is 5.91 Å². The van der Waals surface area contributed by atoms with Crippen molar-refractivity contribution < 1.29 is 14.3 Å². The van der Waals surface area contributed by atoms with E-state index >= 15 is 0 Å². The van der Waals surface area contributed by atoms with Gasteiger partial charge in [0, 0.05) is 19.0 Å². The number of carbonyl (C=O) groups excluding carboxylic acids is 2. The Morgan fingerprint density at radius 3 is 2.48 bits per heavy atom. The Hall–Kier alpha value is -2.76. The fourth-order valence-corrected chi connectivity index (χ4v) is 3.79. The number of halogens is 2. The number of ether oxygens (including phenoxy) is 1. The molecule has 0 saturated carbocycles. The van der Waals surface area contributed by atoms with Gasteiger partial charge in [0.1, 0.15) is 11.8 Å². The number of hydrogen-bond acceptors (Lipinski definition) is 3. The molecule has 0 aliphatic heterocycles. The third-order valence-electron chi connectivity index (χ3n) is 5.07. The summed E-state index contributed by atoms with van der Waals surface area (Å²) in [6.07, 6.45) is 0.459. The highest BCUT2D eigenvalue weighted by atomic mass is 35.5. The van der Waals surface area contributed by atoms with Gasteiger partial charge in [-0.05, 0) is 35.6 Å². The Bertz CT molecular complexity index is 1080. The maximum atomic E-state index is 13.2. The Morgan fingerprint density at radius 1 is 1.03 bits per heavy atom. The predicted molar refractivity (Wildman–Crippen MR) is 125 cm³/mol. The molecule has 0 fully saturated rings. The first-order chi connectivity index (χ1) is 14.9. The van der Waals surface area contributed by atoms with E-state index in [0.29, 0.717) is 22.2 Å². The molecule has 1 N–H and O–H groups in total. The molecule has 31 heavy (non-hydrogen) atoms. The first kappa shape index (κ1) is 22.9. The summed E-state index contributed by atoms with van der Waals surface area (Å²) in [7, 11) is 1.55. The minimum Gasteiger partial charge on any atom is -0.483 e. The van der Waals surface area contributed by atoms with Crippen molar-refractivity contribution in [2.24, 2.45) is 0 Å². The van der Waals surface area contributed by atoms with Gasteiger partial charge in [0.05, 0.1) is 10.0 Å². The van der Waals surface area contributed by atoms with E-state index in [1.54, 1.807) is 25.2 Å². The Morgan fingerprint density at radius 2 is 1.77 bits per heavy atom. The van der Waals surface area contributed by atoms with Crippen LogP contribution in [0.25, 0.3) is 10.8 Å². The van der Waals surface area contributed by atoms with Crippen LogP contribution in [-0.2, 0) is 16.1 Å². The summed E-state index contributed by atoms with van der Waals surface area (Å²) in [4.78, 5) is 27.2. The van der Waals surface area contributed by atoms with Crippen LogP contribution in [0, 0.1) is 0 Å². The van der Waals surface area contributed by atoms with Crippen LogP contribution in [0.3, 0.4) is 0 Å². The number of nitrogens with zero attached hydrogens (tertiary/aromatic N) is 1. The molecule has 0 saturated heterocycles. The van der Waals surface area contributed by atoms with E-state index in [1.165, 1.54) is 4.90 Å². The molecule has 5 nitrogen and oxygen atoms in total. The molecule has 0 radical (unpaired) electrons. The van der Waals surface area contributed by atoms with Crippen molar-refractivity contribution >= 4 is 45.8 Å². The molecule has 162 valence electrons. The van der Waals surface area contributed by atoms with Crippen LogP contribution < -0.4 is 10.1 Å². The second kappa shape index (κ2) is 10.5.